The molecular formula is C12H21N5O. The minimum absolute atomic E-state index is 0.627. The zero-order chi connectivity index (χ0) is 12.8. The van der Waals surface area contributed by atoms with Crippen LogP contribution in [0.5, 0.6) is 0 Å². The van der Waals surface area contributed by atoms with E-state index in [1.165, 1.54) is 19.3 Å². The van der Waals surface area contributed by atoms with E-state index in [9.17, 15) is 0 Å². The second-order valence-electron chi connectivity index (χ2n) is 4.43. The van der Waals surface area contributed by atoms with E-state index in [1.807, 2.05) is 0 Å². The number of ether oxygens (including phenoxy) is 1. The van der Waals surface area contributed by atoms with Gasteiger partial charge in [0, 0.05) is 26.7 Å². The monoisotopic (exact) mass is 251 g/mol. The fraction of sp³-hybridized carbons (Fsp3) is 0.667. The third-order valence-electron chi connectivity index (χ3n) is 3.12. The van der Waals surface area contributed by atoms with Crippen molar-refractivity contribution in [2.24, 2.45) is 0 Å². The topological polar surface area (TPSA) is 76.3 Å². The summed E-state index contributed by atoms with van der Waals surface area (Å²) in [4.78, 5) is 10.7. The number of nitrogen functional groups attached to an aromatic ring is 1. The zero-order valence-corrected chi connectivity index (χ0v) is 10.9. The van der Waals surface area contributed by atoms with Crippen molar-refractivity contribution in [1.82, 2.24) is 9.97 Å². The van der Waals surface area contributed by atoms with Crippen LogP contribution in [0.1, 0.15) is 19.3 Å². The van der Waals surface area contributed by atoms with Crippen molar-refractivity contribution in [3.63, 3.8) is 0 Å². The summed E-state index contributed by atoms with van der Waals surface area (Å²) in [7, 11) is 1.67. The van der Waals surface area contributed by atoms with Crippen LogP contribution in [-0.2, 0) is 4.74 Å². The van der Waals surface area contributed by atoms with Crippen LogP contribution >= 0.6 is 0 Å². The van der Waals surface area contributed by atoms with Gasteiger partial charge in [0.2, 0.25) is 0 Å². The van der Waals surface area contributed by atoms with Crippen molar-refractivity contribution in [3.8, 4) is 0 Å². The average molecular weight is 251 g/mol. The average Bonchev–Trinajstić information content (AvgIpc) is 2.42. The lowest BCUT2D eigenvalue weighted by Gasteiger charge is -2.28. The van der Waals surface area contributed by atoms with Gasteiger partial charge in [0.05, 0.1) is 6.61 Å². The first-order valence-electron chi connectivity index (χ1n) is 6.41. The first-order chi connectivity index (χ1) is 8.83. The van der Waals surface area contributed by atoms with E-state index in [4.69, 9.17) is 10.5 Å². The van der Waals surface area contributed by atoms with Gasteiger partial charge < -0.3 is 20.7 Å². The molecule has 0 saturated carbocycles. The van der Waals surface area contributed by atoms with Gasteiger partial charge in [0.15, 0.2) is 11.6 Å². The van der Waals surface area contributed by atoms with E-state index in [-0.39, 0.29) is 0 Å². The molecule has 18 heavy (non-hydrogen) atoms. The van der Waals surface area contributed by atoms with E-state index >= 15 is 0 Å². The van der Waals surface area contributed by atoms with Gasteiger partial charge in [-0.25, -0.2) is 9.97 Å². The summed E-state index contributed by atoms with van der Waals surface area (Å²) in [5.74, 6) is 1.55. The molecule has 2 rings (SSSR count). The van der Waals surface area contributed by atoms with Crippen molar-refractivity contribution in [3.05, 3.63) is 6.33 Å². The number of hydrogen-bond acceptors (Lipinski definition) is 6. The molecular weight excluding hydrogens is 230 g/mol. The fourth-order valence-corrected chi connectivity index (χ4v) is 2.16. The largest absolute Gasteiger partial charge is 0.393 e. The molecule has 100 valence electrons. The van der Waals surface area contributed by atoms with Gasteiger partial charge in [-0.1, -0.05) is 0 Å². The summed E-state index contributed by atoms with van der Waals surface area (Å²) in [6.07, 6.45) is 5.27. The van der Waals surface area contributed by atoms with Gasteiger partial charge in [-0.3, -0.25) is 0 Å². The Morgan fingerprint density at radius 2 is 2.11 bits per heavy atom. The molecule has 1 aliphatic heterocycles. The third-order valence-corrected chi connectivity index (χ3v) is 3.12. The quantitative estimate of drug-likeness (QED) is 0.763. The highest BCUT2D eigenvalue weighted by atomic mass is 16.5. The van der Waals surface area contributed by atoms with Gasteiger partial charge >= 0.3 is 0 Å². The summed E-state index contributed by atoms with van der Waals surface area (Å²) in [6, 6.07) is 0. The van der Waals surface area contributed by atoms with Crippen LogP contribution in [0, 0.1) is 0 Å². The van der Waals surface area contributed by atoms with Crippen LogP contribution in [0.4, 0.5) is 17.3 Å². The number of nitrogens with zero attached hydrogens (tertiary/aromatic N) is 3. The molecule has 0 amide bonds. The molecule has 0 bridgehead atoms. The summed E-state index contributed by atoms with van der Waals surface area (Å²) in [6.45, 7) is 3.37. The highest BCUT2D eigenvalue weighted by Crippen LogP contribution is 2.27. The van der Waals surface area contributed by atoms with Crippen LogP contribution in [-0.4, -0.2) is 43.3 Å². The molecule has 6 nitrogen and oxygen atoms in total. The van der Waals surface area contributed by atoms with Gasteiger partial charge in [-0.2, -0.15) is 0 Å². The van der Waals surface area contributed by atoms with Crippen LogP contribution in [0.15, 0.2) is 6.33 Å². The van der Waals surface area contributed by atoms with Crippen molar-refractivity contribution in [2.45, 2.75) is 19.3 Å². The summed E-state index contributed by atoms with van der Waals surface area (Å²) in [5.41, 5.74) is 6.76. The Hall–Kier alpha value is -1.56. The lowest BCUT2D eigenvalue weighted by atomic mass is 10.1. The first-order valence-corrected chi connectivity index (χ1v) is 6.41. The molecule has 1 aliphatic rings. The molecule has 0 aliphatic carbocycles. The fourth-order valence-electron chi connectivity index (χ4n) is 2.16. The molecule has 6 heteroatoms. The Morgan fingerprint density at radius 1 is 1.33 bits per heavy atom. The van der Waals surface area contributed by atoms with Crippen LogP contribution in [0.2, 0.25) is 0 Å². The molecule has 3 N–H and O–H groups in total. The van der Waals surface area contributed by atoms with Gasteiger partial charge in [-0.15, -0.1) is 0 Å². The number of aromatic nitrogens is 2. The molecule has 1 aromatic heterocycles. The highest BCUT2D eigenvalue weighted by Gasteiger charge is 2.17. The van der Waals surface area contributed by atoms with Crippen molar-refractivity contribution in [2.75, 3.05) is 49.3 Å². The van der Waals surface area contributed by atoms with E-state index < -0.39 is 0 Å². The Kier molecular flexibility index (Phi) is 4.58. The molecule has 0 spiro atoms. The van der Waals surface area contributed by atoms with Crippen LogP contribution < -0.4 is 16.0 Å². The zero-order valence-electron chi connectivity index (χ0n) is 10.9. The van der Waals surface area contributed by atoms with Gasteiger partial charge in [-0.05, 0) is 19.3 Å². The predicted molar refractivity (Wildman–Crippen MR) is 72.9 cm³/mol. The Morgan fingerprint density at radius 3 is 2.83 bits per heavy atom. The van der Waals surface area contributed by atoms with E-state index in [2.05, 4.69) is 20.2 Å². The molecule has 2 heterocycles. The number of nitrogens with two attached hydrogens (primary N) is 1. The highest BCUT2D eigenvalue weighted by molar-refractivity contribution is 5.74. The minimum Gasteiger partial charge on any atom is -0.393 e. The van der Waals surface area contributed by atoms with Gasteiger partial charge in [0.25, 0.3) is 0 Å². The molecule has 0 unspecified atom stereocenters. The standard InChI is InChI=1S/C12H21N5O/c1-18-8-5-14-11-10(13)12(16-9-15-11)17-6-3-2-4-7-17/h9H,2-8,13H2,1H3,(H,14,15,16). The van der Waals surface area contributed by atoms with Crippen molar-refractivity contribution < 1.29 is 4.74 Å². The Bertz CT molecular complexity index is 379. The number of nitrogens with one attached hydrogen (secondary N) is 1. The lowest BCUT2D eigenvalue weighted by Crippen LogP contribution is -2.31. The van der Waals surface area contributed by atoms with Crippen molar-refractivity contribution in [1.29, 1.82) is 0 Å². The smallest absolute Gasteiger partial charge is 0.157 e. The predicted octanol–water partition coefficient (Wildman–Crippen LogP) is 1.11. The maximum absolute atomic E-state index is 6.13. The van der Waals surface area contributed by atoms with E-state index in [1.54, 1.807) is 13.4 Å². The molecule has 1 saturated heterocycles. The third kappa shape index (κ3) is 3.01. The maximum atomic E-state index is 6.13. The lowest BCUT2D eigenvalue weighted by molar-refractivity contribution is 0.210. The summed E-state index contributed by atoms with van der Waals surface area (Å²) in [5, 5.41) is 3.17. The number of hydrogen-bond donors (Lipinski definition) is 2. The SMILES string of the molecule is COCCNc1ncnc(N2CCCCC2)c1N. The molecule has 1 aromatic rings. The maximum Gasteiger partial charge on any atom is 0.157 e. The molecule has 0 radical (unpaired) electrons. The second-order valence-corrected chi connectivity index (χ2v) is 4.43. The van der Waals surface area contributed by atoms with Crippen LogP contribution in [0.25, 0.3) is 0 Å². The number of methoxy groups -OCH3 is 1. The Balaban J connectivity index is 2.08. The van der Waals surface area contributed by atoms with Crippen LogP contribution in [0.3, 0.4) is 0 Å². The van der Waals surface area contributed by atoms with E-state index in [0.717, 1.165) is 18.9 Å². The molecule has 1 fully saturated rings. The summed E-state index contributed by atoms with van der Waals surface area (Å²) >= 11 is 0. The second kappa shape index (κ2) is 6.39. The normalized spacial score (nSPS) is 15.7. The van der Waals surface area contributed by atoms with Crippen molar-refractivity contribution >= 4 is 17.3 Å². The Labute approximate surface area is 108 Å². The molecule has 0 atom stereocenters. The summed E-state index contributed by atoms with van der Waals surface area (Å²) < 4.78 is 4.99. The first kappa shape index (κ1) is 12.9. The van der Waals surface area contributed by atoms with E-state index in [0.29, 0.717) is 24.7 Å². The number of anilines is 3. The number of rotatable bonds is 5. The molecule has 0 aromatic carbocycles. The minimum atomic E-state index is 0.627. The van der Waals surface area contributed by atoms with Gasteiger partial charge in [0.1, 0.15) is 12.0 Å². The number of piperidine rings is 1.